The third-order valence-electron chi connectivity index (χ3n) is 3.81. The minimum absolute atomic E-state index is 0.0690. The second-order valence-corrected chi connectivity index (χ2v) is 7.23. The smallest absolute Gasteiger partial charge is 0.254 e. The van der Waals surface area contributed by atoms with Crippen LogP contribution >= 0.6 is 11.3 Å². The van der Waals surface area contributed by atoms with Crippen molar-refractivity contribution in [3.63, 3.8) is 0 Å². The number of nitrogens with zero attached hydrogens (tertiary/aromatic N) is 3. The molecule has 3 rings (SSSR count). The highest BCUT2D eigenvalue weighted by atomic mass is 32.1. The summed E-state index contributed by atoms with van der Waals surface area (Å²) in [6.07, 6.45) is 0.769. The first-order valence-electron chi connectivity index (χ1n) is 8.22. The highest BCUT2D eigenvalue weighted by Crippen LogP contribution is 2.22. The van der Waals surface area contributed by atoms with Crippen molar-refractivity contribution < 1.29 is 9.32 Å². The van der Waals surface area contributed by atoms with E-state index in [4.69, 9.17) is 4.52 Å². The Hall–Kier alpha value is -2.47. The number of hydrogen-bond acceptors (Lipinski definition) is 5. The maximum atomic E-state index is 12.6. The Balaban J connectivity index is 1.64. The molecule has 130 valence electrons. The molecule has 0 spiro atoms. The predicted octanol–water partition coefficient (Wildman–Crippen LogP) is 4.27. The van der Waals surface area contributed by atoms with Crippen LogP contribution in [0.15, 0.2) is 45.6 Å². The fourth-order valence-electron chi connectivity index (χ4n) is 2.53. The molecule has 0 aliphatic carbocycles. The molecule has 0 fully saturated rings. The molecule has 6 heteroatoms. The topological polar surface area (TPSA) is 59.2 Å². The number of rotatable bonds is 6. The lowest BCUT2D eigenvalue weighted by molar-refractivity contribution is 0.0769. The number of thiophene rings is 1. The van der Waals surface area contributed by atoms with Crippen LogP contribution in [0.25, 0.3) is 11.1 Å². The second-order valence-electron chi connectivity index (χ2n) is 6.45. The van der Waals surface area contributed by atoms with E-state index >= 15 is 0 Å². The normalized spacial score (nSPS) is 11.0. The van der Waals surface area contributed by atoms with Crippen molar-refractivity contribution in [2.45, 2.75) is 26.8 Å². The van der Waals surface area contributed by atoms with Gasteiger partial charge in [-0.05, 0) is 46.0 Å². The van der Waals surface area contributed by atoms with Gasteiger partial charge in [-0.15, -0.1) is 0 Å². The SMILES string of the molecule is CC(C)Cc1noc(CN(C)C(=O)c2ccc(-c3ccsc3)cc2)n1. The van der Waals surface area contributed by atoms with Crippen molar-refractivity contribution in [1.29, 1.82) is 0 Å². The highest BCUT2D eigenvalue weighted by molar-refractivity contribution is 7.08. The van der Waals surface area contributed by atoms with Crippen LogP contribution in [0.3, 0.4) is 0 Å². The van der Waals surface area contributed by atoms with E-state index in [1.807, 2.05) is 29.6 Å². The summed E-state index contributed by atoms with van der Waals surface area (Å²) in [5.41, 5.74) is 2.92. The van der Waals surface area contributed by atoms with Crippen LogP contribution in [0.4, 0.5) is 0 Å². The molecule has 0 saturated carbocycles. The van der Waals surface area contributed by atoms with Crippen LogP contribution in [0.1, 0.15) is 35.9 Å². The van der Waals surface area contributed by atoms with Gasteiger partial charge in [0.2, 0.25) is 5.89 Å². The molecular weight excluding hydrogens is 334 g/mol. The summed E-state index contributed by atoms with van der Waals surface area (Å²) in [6.45, 7) is 4.51. The van der Waals surface area contributed by atoms with Crippen LogP contribution in [-0.2, 0) is 13.0 Å². The van der Waals surface area contributed by atoms with Crippen molar-refractivity contribution in [2.24, 2.45) is 5.92 Å². The van der Waals surface area contributed by atoms with Crippen LogP contribution < -0.4 is 0 Å². The lowest BCUT2D eigenvalue weighted by Crippen LogP contribution is -2.26. The van der Waals surface area contributed by atoms with Crippen LogP contribution in [0, 0.1) is 5.92 Å². The maximum absolute atomic E-state index is 12.6. The Morgan fingerprint density at radius 1 is 1.20 bits per heavy atom. The largest absolute Gasteiger partial charge is 0.337 e. The van der Waals surface area contributed by atoms with Gasteiger partial charge in [-0.2, -0.15) is 16.3 Å². The molecule has 1 aromatic carbocycles. The molecule has 0 aliphatic heterocycles. The van der Waals surface area contributed by atoms with E-state index in [1.54, 1.807) is 23.3 Å². The van der Waals surface area contributed by atoms with Gasteiger partial charge in [0.25, 0.3) is 5.91 Å². The molecule has 2 heterocycles. The lowest BCUT2D eigenvalue weighted by Gasteiger charge is -2.15. The fourth-order valence-corrected chi connectivity index (χ4v) is 3.20. The van der Waals surface area contributed by atoms with Crippen molar-refractivity contribution in [1.82, 2.24) is 15.0 Å². The molecule has 0 bridgehead atoms. The van der Waals surface area contributed by atoms with Gasteiger partial charge in [0.05, 0.1) is 6.54 Å². The van der Waals surface area contributed by atoms with Gasteiger partial charge in [-0.1, -0.05) is 31.1 Å². The molecule has 3 aromatic rings. The molecule has 0 radical (unpaired) electrons. The summed E-state index contributed by atoms with van der Waals surface area (Å²) < 4.78 is 5.24. The fraction of sp³-hybridized carbons (Fsp3) is 0.316. The molecular formula is C19H21N3O2S. The van der Waals surface area contributed by atoms with Gasteiger partial charge < -0.3 is 9.42 Å². The molecule has 0 unspecified atom stereocenters. The first kappa shape index (κ1) is 17.4. The lowest BCUT2D eigenvalue weighted by atomic mass is 10.1. The summed E-state index contributed by atoms with van der Waals surface area (Å²) in [6, 6.07) is 9.71. The zero-order chi connectivity index (χ0) is 17.8. The number of aromatic nitrogens is 2. The van der Waals surface area contributed by atoms with Gasteiger partial charge in [0.15, 0.2) is 5.82 Å². The quantitative estimate of drug-likeness (QED) is 0.662. The van der Waals surface area contributed by atoms with Gasteiger partial charge >= 0.3 is 0 Å². The van der Waals surface area contributed by atoms with Crippen molar-refractivity contribution >= 4 is 17.2 Å². The van der Waals surface area contributed by atoms with Crippen molar-refractivity contribution in [3.8, 4) is 11.1 Å². The van der Waals surface area contributed by atoms with E-state index in [-0.39, 0.29) is 5.91 Å². The van der Waals surface area contributed by atoms with E-state index < -0.39 is 0 Å². The van der Waals surface area contributed by atoms with Crippen LogP contribution in [0.5, 0.6) is 0 Å². The van der Waals surface area contributed by atoms with Gasteiger partial charge in [0, 0.05) is 19.0 Å². The molecule has 0 aliphatic rings. The molecule has 1 amide bonds. The number of carbonyl (C=O) groups is 1. The third kappa shape index (κ3) is 4.33. The molecule has 0 saturated heterocycles. The minimum atomic E-state index is -0.0690. The Bertz CT molecular complexity index is 823. The number of benzene rings is 1. The monoisotopic (exact) mass is 355 g/mol. The zero-order valence-corrected chi connectivity index (χ0v) is 15.4. The highest BCUT2D eigenvalue weighted by Gasteiger charge is 2.16. The number of amides is 1. The van der Waals surface area contributed by atoms with Crippen molar-refractivity contribution in [2.75, 3.05) is 7.05 Å². The first-order valence-corrected chi connectivity index (χ1v) is 9.17. The van der Waals surface area contributed by atoms with Gasteiger partial charge in [-0.3, -0.25) is 4.79 Å². The minimum Gasteiger partial charge on any atom is -0.337 e. The van der Waals surface area contributed by atoms with Crippen LogP contribution in [0.2, 0.25) is 0 Å². The Morgan fingerprint density at radius 3 is 2.60 bits per heavy atom. The number of hydrogen-bond donors (Lipinski definition) is 0. The standard InChI is InChI=1S/C19H21N3O2S/c1-13(2)10-17-20-18(24-21-17)11-22(3)19(23)15-6-4-14(5-7-15)16-8-9-25-12-16/h4-9,12-13H,10-11H2,1-3H3. The zero-order valence-electron chi connectivity index (χ0n) is 14.6. The average Bonchev–Trinajstić information content (AvgIpc) is 3.26. The number of carbonyl (C=O) groups excluding carboxylic acids is 1. The van der Waals surface area contributed by atoms with Gasteiger partial charge in [-0.25, -0.2) is 0 Å². The van der Waals surface area contributed by atoms with Crippen LogP contribution in [-0.4, -0.2) is 28.0 Å². The maximum Gasteiger partial charge on any atom is 0.254 e. The summed E-state index contributed by atoms with van der Waals surface area (Å²) in [7, 11) is 1.74. The summed E-state index contributed by atoms with van der Waals surface area (Å²) >= 11 is 1.66. The molecule has 25 heavy (non-hydrogen) atoms. The average molecular weight is 355 g/mol. The Morgan fingerprint density at radius 2 is 1.96 bits per heavy atom. The summed E-state index contributed by atoms with van der Waals surface area (Å²) in [4.78, 5) is 18.5. The summed E-state index contributed by atoms with van der Waals surface area (Å²) in [5.74, 6) is 1.54. The van der Waals surface area contributed by atoms with E-state index in [9.17, 15) is 4.79 Å². The van der Waals surface area contributed by atoms with E-state index in [2.05, 4.69) is 35.4 Å². The molecule has 2 aromatic heterocycles. The van der Waals surface area contributed by atoms with E-state index in [0.29, 0.717) is 29.7 Å². The van der Waals surface area contributed by atoms with E-state index in [1.165, 1.54) is 5.56 Å². The third-order valence-corrected chi connectivity index (χ3v) is 4.49. The Kier molecular flexibility index (Phi) is 5.28. The van der Waals surface area contributed by atoms with E-state index in [0.717, 1.165) is 12.0 Å². The molecule has 0 N–H and O–H groups in total. The summed E-state index contributed by atoms with van der Waals surface area (Å²) in [5, 5.41) is 8.09. The molecule has 0 atom stereocenters. The first-order chi connectivity index (χ1) is 12.0. The van der Waals surface area contributed by atoms with Crippen molar-refractivity contribution in [3.05, 3.63) is 58.4 Å². The second kappa shape index (κ2) is 7.61. The Labute approximate surface area is 151 Å². The predicted molar refractivity (Wildman–Crippen MR) is 98.4 cm³/mol. The molecule has 5 nitrogen and oxygen atoms in total. The van der Waals surface area contributed by atoms with Gasteiger partial charge in [0.1, 0.15) is 0 Å².